The molecule has 0 amide bonds. The molecule has 0 aromatic heterocycles. The lowest BCUT2D eigenvalue weighted by molar-refractivity contribution is -0.162. The van der Waals surface area contributed by atoms with E-state index < -0.39 is 17.4 Å². The first kappa shape index (κ1) is 17.3. The van der Waals surface area contributed by atoms with E-state index in [1.165, 1.54) is 14.2 Å². The fraction of sp³-hybridized carbons (Fsp3) is 0.529. The molecular formula is C17H22O6. The number of carbonyl (C=O) groups excluding carboxylic acids is 2. The summed E-state index contributed by atoms with van der Waals surface area (Å²) < 4.78 is 20.2. The Kier molecular flexibility index (Phi) is 5.60. The van der Waals surface area contributed by atoms with Gasteiger partial charge in [-0.2, -0.15) is 0 Å². The monoisotopic (exact) mass is 322 g/mol. The molecule has 1 aliphatic carbocycles. The lowest BCUT2D eigenvalue weighted by atomic mass is 10.0. The molecule has 6 heteroatoms. The molecule has 1 aliphatic rings. The Bertz CT molecular complexity index is 535. The molecule has 0 heterocycles. The highest BCUT2D eigenvalue weighted by molar-refractivity contribution is 6.03. The van der Waals surface area contributed by atoms with Gasteiger partial charge in [0.15, 0.2) is 5.41 Å². The first-order valence-corrected chi connectivity index (χ1v) is 7.46. The van der Waals surface area contributed by atoms with Gasteiger partial charge in [0.05, 0.1) is 27.9 Å². The van der Waals surface area contributed by atoms with Gasteiger partial charge in [-0.25, -0.2) is 0 Å². The number of hydrogen-bond donors (Lipinski definition) is 0. The Morgan fingerprint density at radius 2 is 1.70 bits per heavy atom. The molecule has 1 fully saturated rings. The van der Waals surface area contributed by atoms with E-state index in [-0.39, 0.29) is 5.92 Å². The summed E-state index contributed by atoms with van der Waals surface area (Å²) in [5, 5.41) is 0. The van der Waals surface area contributed by atoms with E-state index in [0.29, 0.717) is 26.1 Å². The fourth-order valence-electron chi connectivity index (χ4n) is 2.76. The number of carbonyl (C=O) groups is 2. The van der Waals surface area contributed by atoms with Crippen LogP contribution in [0, 0.1) is 11.3 Å². The third kappa shape index (κ3) is 3.64. The fourth-order valence-corrected chi connectivity index (χ4v) is 2.76. The quantitative estimate of drug-likeness (QED) is 0.414. The van der Waals surface area contributed by atoms with Crippen molar-refractivity contribution in [2.45, 2.75) is 19.4 Å². The zero-order chi connectivity index (χ0) is 16.9. The summed E-state index contributed by atoms with van der Waals surface area (Å²) in [5.74, 6) is -0.333. The van der Waals surface area contributed by atoms with Gasteiger partial charge in [-0.3, -0.25) is 9.59 Å². The van der Waals surface area contributed by atoms with E-state index in [9.17, 15) is 9.59 Å². The molecule has 0 saturated heterocycles. The number of rotatable bonds is 8. The Hall–Kier alpha value is -2.08. The molecule has 1 saturated carbocycles. The largest absolute Gasteiger partial charge is 0.497 e. The number of hydrogen-bond acceptors (Lipinski definition) is 6. The second kappa shape index (κ2) is 7.46. The van der Waals surface area contributed by atoms with Crippen molar-refractivity contribution in [3.05, 3.63) is 29.8 Å². The summed E-state index contributed by atoms with van der Waals surface area (Å²) in [5.41, 5.74) is -0.0960. The summed E-state index contributed by atoms with van der Waals surface area (Å²) in [6, 6.07) is 7.62. The second-order valence-corrected chi connectivity index (χ2v) is 5.54. The maximum Gasteiger partial charge on any atom is 0.323 e. The molecule has 1 aromatic carbocycles. The number of methoxy groups -OCH3 is 3. The average Bonchev–Trinajstić information content (AvgIpc) is 3.33. The molecule has 1 unspecified atom stereocenters. The molecular weight excluding hydrogens is 300 g/mol. The Balaban J connectivity index is 1.78. The maximum atomic E-state index is 11.8. The van der Waals surface area contributed by atoms with Crippen LogP contribution in [0.25, 0.3) is 0 Å². The predicted molar refractivity (Wildman–Crippen MR) is 81.8 cm³/mol. The molecule has 1 atom stereocenters. The highest BCUT2D eigenvalue weighted by Gasteiger charge is 2.67. The van der Waals surface area contributed by atoms with Gasteiger partial charge in [0.1, 0.15) is 5.75 Å². The first-order chi connectivity index (χ1) is 11.1. The predicted octanol–water partition coefficient (Wildman–Crippen LogP) is 1.95. The van der Waals surface area contributed by atoms with Crippen LogP contribution in [0.3, 0.4) is 0 Å². The van der Waals surface area contributed by atoms with E-state index in [4.69, 9.17) is 18.9 Å². The smallest absolute Gasteiger partial charge is 0.323 e. The highest BCUT2D eigenvalue weighted by Crippen LogP contribution is 2.56. The van der Waals surface area contributed by atoms with Crippen LogP contribution in [-0.4, -0.2) is 39.9 Å². The van der Waals surface area contributed by atoms with Gasteiger partial charge in [-0.15, -0.1) is 0 Å². The summed E-state index contributed by atoms with van der Waals surface area (Å²) in [4.78, 5) is 23.7. The highest BCUT2D eigenvalue weighted by atomic mass is 16.5. The number of ether oxygens (including phenoxy) is 4. The standard InChI is InChI=1S/C17H22O6/c1-20-14-6-4-12(5-7-14)11-23-9-8-13-10-17(13,15(18)21-2)16(19)22-3/h4-7,13H,8-11H2,1-3H3. The average molecular weight is 322 g/mol. The minimum atomic E-state index is -1.13. The van der Waals surface area contributed by atoms with Crippen molar-refractivity contribution in [2.24, 2.45) is 11.3 Å². The summed E-state index contributed by atoms with van der Waals surface area (Å²) in [7, 11) is 4.18. The van der Waals surface area contributed by atoms with E-state index in [1.807, 2.05) is 24.3 Å². The van der Waals surface area contributed by atoms with Crippen molar-refractivity contribution >= 4 is 11.9 Å². The van der Waals surface area contributed by atoms with Crippen molar-refractivity contribution in [1.29, 1.82) is 0 Å². The van der Waals surface area contributed by atoms with Crippen LogP contribution >= 0.6 is 0 Å². The van der Waals surface area contributed by atoms with Crippen LogP contribution in [0.2, 0.25) is 0 Å². The Morgan fingerprint density at radius 1 is 1.09 bits per heavy atom. The van der Waals surface area contributed by atoms with Crippen molar-refractivity contribution < 1.29 is 28.5 Å². The molecule has 6 nitrogen and oxygen atoms in total. The van der Waals surface area contributed by atoms with Crippen LogP contribution in [0.1, 0.15) is 18.4 Å². The van der Waals surface area contributed by atoms with Gasteiger partial charge in [-0.1, -0.05) is 12.1 Å². The molecule has 0 bridgehead atoms. The minimum Gasteiger partial charge on any atom is -0.497 e. The molecule has 0 aliphatic heterocycles. The number of benzene rings is 1. The maximum absolute atomic E-state index is 11.8. The van der Waals surface area contributed by atoms with Crippen molar-refractivity contribution in [1.82, 2.24) is 0 Å². The van der Waals surface area contributed by atoms with Gasteiger partial charge < -0.3 is 18.9 Å². The molecule has 2 rings (SSSR count). The molecule has 1 aromatic rings. The molecule has 0 radical (unpaired) electrons. The summed E-state index contributed by atoms with van der Waals surface area (Å²) in [6.45, 7) is 0.937. The molecule has 23 heavy (non-hydrogen) atoms. The second-order valence-electron chi connectivity index (χ2n) is 5.54. The van der Waals surface area contributed by atoms with Crippen LogP contribution in [0.15, 0.2) is 24.3 Å². The van der Waals surface area contributed by atoms with E-state index in [1.54, 1.807) is 7.11 Å². The van der Waals surface area contributed by atoms with Gasteiger partial charge in [-0.05, 0) is 36.5 Å². The van der Waals surface area contributed by atoms with Crippen LogP contribution in [-0.2, 0) is 30.4 Å². The third-order valence-electron chi connectivity index (χ3n) is 4.24. The van der Waals surface area contributed by atoms with E-state index >= 15 is 0 Å². The Morgan fingerprint density at radius 3 is 2.22 bits per heavy atom. The topological polar surface area (TPSA) is 71.1 Å². The van der Waals surface area contributed by atoms with Crippen LogP contribution in [0.5, 0.6) is 5.75 Å². The number of esters is 2. The van der Waals surface area contributed by atoms with Crippen LogP contribution in [0.4, 0.5) is 0 Å². The van der Waals surface area contributed by atoms with E-state index in [0.717, 1.165) is 11.3 Å². The van der Waals surface area contributed by atoms with Crippen molar-refractivity contribution in [3.63, 3.8) is 0 Å². The zero-order valence-corrected chi connectivity index (χ0v) is 13.7. The lowest BCUT2D eigenvalue weighted by Gasteiger charge is -2.12. The molecule has 0 spiro atoms. The zero-order valence-electron chi connectivity index (χ0n) is 13.7. The van der Waals surface area contributed by atoms with Gasteiger partial charge in [0, 0.05) is 6.61 Å². The van der Waals surface area contributed by atoms with Crippen molar-refractivity contribution in [2.75, 3.05) is 27.9 Å². The van der Waals surface area contributed by atoms with Gasteiger partial charge >= 0.3 is 11.9 Å². The minimum absolute atomic E-state index is 0.0849. The van der Waals surface area contributed by atoms with Crippen LogP contribution < -0.4 is 4.74 Å². The normalized spacial score (nSPS) is 18.1. The summed E-state index contributed by atoms with van der Waals surface area (Å²) in [6.07, 6.45) is 1.07. The van der Waals surface area contributed by atoms with E-state index in [2.05, 4.69) is 0 Å². The molecule has 126 valence electrons. The third-order valence-corrected chi connectivity index (χ3v) is 4.24. The summed E-state index contributed by atoms with van der Waals surface area (Å²) >= 11 is 0. The van der Waals surface area contributed by atoms with Crippen molar-refractivity contribution in [3.8, 4) is 5.75 Å². The molecule has 0 N–H and O–H groups in total. The van der Waals surface area contributed by atoms with Gasteiger partial charge in [0.25, 0.3) is 0 Å². The lowest BCUT2D eigenvalue weighted by Crippen LogP contribution is -2.30. The Labute approximate surface area is 135 Å². The SMILES string of the molecule is COC(=O)C1(C(=O)OC)CC1CCOCc1ccc(OC)cc1. The first-order valence-electron chi connectivity index (χ1n) is 7.46. The van der Waals surface area contributed by atoms with Gasteiger partial charge in [0.2, 0.25) is 0 Å².